The Balaban J connectivity index is 1.75. The van der Waals surface area contributed by atoms with Gasteiger partial charge in [0.05, 0.1) is 0 Å². The van der Waals surface area contributed by atoms with Crippen molar-refractivity contribution in [2.24, 2.45) is 11.8 Å². The zero-order valence-corrected chi connectivity index (χ0v) is 11.5. The lowest BCUT2D eigenvalue weighted by atomic mass is 9.98. The van der Waals surface area contributed by atoms with Crippen molar-refractivity contribution < 1.29 is 4.74 Å². The van der Waals surface area contributed by atoms with E-state index in [9.17, 15) is 0 Å². The molecule has 2 unspecified atom stereocenters. The predicted octanol–water partition coefficient (Wildman–Crippen LogP) is 1.73. The number of hydrogen-bond donors (Lipinski definition) is 1. The topological polar surface area (TPSA) is 24.5 Å². The van der Waals surface area contributed by atoms with Crippen LogP contribution in [0.15, 0.2) is 0 Å². The Kier molecular flexibility index (Phi) is 5.26. The summed E-state index contributed by atoms with van der Waals surface area (Å²) in [6.07, 6.45) is 5.60. The molecule has 1 saturated heterocycles. The van der Waals surface area contributed by atoms with Crippen LogP contribution in [0.5, 0.6) is 0 Å². The van der Waals surface area contributed by atoms with Crippen molar-refractivity contribution in [3.8, 4) is 0 Å². The highest BCUT2D eigenvalue weighted by molar-refractivity contribution is 4.87. The van der Waals surface area contributed by atoms with E-state index in [4.69, 9.17) is 4.74 Å². The molecule has 0 amide bonds. The Bertz CT molecular complexity index is 212. The fraction of sp³-hybridized carbons (Fsp3) is 1.00. The third-order valence-electron chi connectivity index (χ3n) is 3.95. The molecule has 1 heterocycles. The Labute approximate surface area is 106 Å². The summed E-state index contributed by atoms with van der Waals surface area (Å²) < 4.78 is 5.26. The third-order valence-corrected chi connectivity index (χ3v) is 3.95. The molecule has 1 N–H and O–H groups in total. The van der Waals surface area contributed by atoms with Crippen molar-refractivity contribution in [1.29, 1.82) is 0 Å². The van der Waals surface area contributed by atoms with Crippen LogP contribution < -0.4 is 5.32 Å². The minimum Gasteiger partial charge on any atom is -0.384 e. The second-order valence-corrected chi connectivity index (χ2v) is 5.96. The zero-order chi connectivity index (χ0) is 12.1. The molecule has 2 atom stereocenters. The minimum atomic E-state index is 0.664. The van der Waals surface area contributed by atoms with E-state index in [1.54, 1.807) is 0 Å². The van der Waals surface area contributed by atoms with Crippen LogP contribution >= 0.6 is 0 Å². The molecule has 1 aliphatic heterocycles. The van der Waals surface area contributed by atoms with Crippen LogP contribution in [0.2, 0.25) is 0 Å². The molecule has 2 fully saturated rings. The van der Waals surface area contributed by atoms with E-state index in [1.165, 1.54) is 51.9 Å². The van der Waals surface area contributed by atoms with Crippen molar-refractivity contribution in [2.75, 3.05) is 39.9 Å². The zero-order valence-electron chi connectivity index (χ0n) is 11.5. The maximum Gasteiger partial charge on any atom is 0.0500 e. The average molecular weight is 240 g/mol. The fourth-order valence-electron chi connectivity index (χ4n) is 2.96. The molecule has 17 heavy (non-hydrogen) atoms. The molecule has 2 rings (SSSR count). The van der Waals surface area contributed by atoms with E-state index in [0.29, 0.717) is 5.92 Å². The van der Waals surface area contributed by atoms with Gasteiger partial charge in [-0.05, 0) is 50.6 Å². The first-order valence-corrected chi connectivity index (χ1v) is 7.23. The largest absolute Gasteiger partial charge is 0.384 e. The van der Waals surface area contributed by atoms with E-state index in [-0.39, 0.29) is 0 Å². The maximum atomic E-state index is 5.26. The van der Waals surface area contributed by atoms with Crippen LogP contribution in [0.1, 0.15) is 32.6 Å². The molecule has 0 aromatic heterocycles. The van der Waals surface area contributed by atoms with Crippen molar-refractivity contribution in [3.63, 3.8) is 0 Å². The number of methoxy groups -OCH3 is 1. The first-order valence-electron chi connectivity index (χ1n) is 7.23. The van der Waals surface area contributed by atoms with E-state index in [2.05, 4.69) is 17.1 Å². The van der Waals surface area contributed by atoms with Gasteiger partial charge in [0.1, 0.15) is 0 Å². The van der Waals surface area contributed by atoms with Crippen LogP contribution in [0.25, 0.3) is 0 Å². The standard InChI is InChI=1S/C14H28N2O/c1-12(11-17-2)9-16(14-5-6-14)10-13-4-3-7-15-8-13/h12-15H,3-11H2,1-2H3. The third kappa shape index (κ3) is 4.57. The molecular formula is C14H28N2O. The lowest BCUT2D eigenvalue weighted by molar-refractivity contribution is 0.114. The molecule has 3 nitrogen and oxygen atoms in total. The lowest BCUT2D eigenvalue weighted by Gasteiger charge is -2.31. The smallest absolute Gasteiger partial charge is 0.0500 e. The van der Waals surface area contributed by atoms with Gasteiger partial charge in [-0.25, -0.2) is 0 Å². The maximum absolute atomic E-state index is 5.26. The van der Waals surface area contributed by atoms with Gasteiger partial charge in [-0.1, -0.05) is 6.92 Å². The summed E-state index contributed by atoms with van der Waals surface area (Å²) in [5.41, 5.74) is 0. The highest BCUT2D eigenvalue weighted by Gasteiger charge is 2.31. The number of rotatable bonds is 7. The van der Waals surface area contributed by atoms with Crippen molar-refractivity contribution in [1.82, 2.24) is 10.2 Å². The molecular weight excluding hydrogens is 212 g/mol. The summed E-state index contributed by atoms with van der Waals surface area (Å²) in [5.74, 6) is 1.54. The van der Waals surface area contributed by atoms with Gasteiger partial charge in [-0.2, -0.15) is 0 Å². The minimum absolute atomic E-state index is 0.664. The fourth-order valence-corrected chi connectivity index (χ4v) is 2.96. The summed E-state index contributed by atoms with van der Waals surface area (Å²) >= 11 is 0. The highest BCUT2D eigenvalue weighted by Crippen LogP contribution is 2.29. The lowest BCUT2D eigenvalue weighted by Crippen LogP contribution is -2.41. The molecule has 100 valence electrons. The van der Waals surface area contributed by atoms with Gasteiger partial charge < -0.3 is 10.1 Å². The predicted molar refractivity (Wildman–Crippen MR) is 71.2 cm³/mol. The molecule has 3 heteroatoms. The van der Waals surface area contributed by atoms with Gasteiger partial charge in [0, 0.05) is 32.8 Å². The van der Waals surface area contributed by atoms with Crippen LogP contribution in [-0.4, -0.2) is 50.8 Å². The van der Waals surface area contributed by atoms with E-state index in [0.717, 1.165) is 18.6 Å². The summed E-state index contributed by atoms with van der Waals surface area (Å²) in [5, 5.41) is 3.53. The van der Waals surface area contributed by atoms with E-state index < -0.39 is 0 Å². The van der Waals surface area contributed by atoms with Gasteiger partial charge in [0.2, 0.25) is 0 Å². The van der Waals surface area contributed by atoms with Gasteiger partial charge in [0.25, 0.3) is 0 Å². The Morgan fingerprint density at radius 1 is 1.35 bits per heavy atom. The first-order chi connectivity index (χ1) is 8.29. The number of nitrogens with one attached hydrogen (secondary N) is 1. The number of nitrogens with zero attached hydrogens (tertiary/aromatic N) is 1. The summed E-state index contributed by atoms with van der Waals surface area (Å²) in [7, 11) is 1.81. The molecule has 1 aliphatic carbocycles. The summed E-state index contributed by atoms with van der Waals surface area (Å²) in [6, 6.07) is 0.885. The van der Waals surface area contributed by atoms with Crippen molar-refractivity contribution in [3.05, 3.63) is 0 Å². The second-order valence-electron chi connectivity index (χ2n) is 5.96. The van der Waals surface area contributed by atoms with Gasteiger partial charge in [0.15, 0.2) is 0 Å². The first kappa shape index (κ1) is 13.3. The molecule has 0 spiro atoms. The Morgan fingerprint density at radius 3 is 2.76 bits per heavy atom. The van der Waals surface area contributed by atoms with Crippen molar-refractivity contribution in [2.45, 2.75) is 38.6 Å². The molecule has 0 radical (unpaired) electrons. The Hall–Kier alpha value is -0.120. The molecule has 0 bridgehead atoms. The number of piperidine rings is 1. The molecule has 1 saturated carbocycles. The van der Waals surface area contributed by atoms with Crippen LogP contribution in [-0.2, 0) is 4.74 Å². The van der Waals surface area contributed by atoms with Crippen LogP contribution in [0.3, 0.4) is 0 Å². The number of hydrogen-bond acceptors (Lipinski definition) is 3. The summed E-state index contributed by atoms with van der Waals surface area (Å²) in [4.78, 5) is 2.72. The molecule has 0 aromatic carbocycles. The Morgan fingerprint density at radius 2 is 2.18 bits per heavy atom. The second kappa shape index (κ2) is 6.72. The average Bonchev–Trinajstić information content (AvgIpc) is 3.14. The van der Waals surface area contributed by atoms with Gasteiger partial charge >= 0.3 is 0 Å². The molecule has 0 aromatic rings. The van der Waals surface area contributed by atoms with Crippen molar-refractivity contribution >= 4 is 0 Å². The highest BCUT2D eigenvalue weighted by atomic mass is 16.5. The quantitative estimate of drug-likeness (QED) is 0.733. The monoisotopic (exact) mass is 240 g/mol. The SMILES string of the molecule is COCC(C)CN(CC1CCCNC1)C1CC1. The van der Waals surface area contributed by atoms with Crippen LogP contribution in [0.4, 0.5) is 0 Å². The van der Waals surface area contributed by atoms with Gasteiger partial charge in [-0.3, -0.25) is 4.90 Å². The number of ether oxygens (including phenoxy) is 1. The van der Waals surface area contributed by atoms with E-state index >= 15 is 0 Å². The molecule has 2 aliphatic rings. The van der Waals surface area contributed by atoms with Crippen LogP contribution in [0, 0.1) is 11.8 Å². The van der Waals surface area contributed by atoms with Gasteiger partial charge in [-0.15, -0.1) is 0 Å². The van der Waals surface area contributed by atoms with E-state index in [1.807, 2.05) is 7.11 Å². The summed E-state index contributed by atoms with van der Waals surface area (Å²) in [6.45, 7) is 8.16. The normalized spacial score (nSPS) is 27.4.